The van der Waals surface area contributed by atoms with Crippen LogP contribution in [0.1, 0.15) is 31.9 Å². The molecule has 1 amide bonds. The van der Waals surface area contributed by atoms with Crippen molar-refractivity contribution in [1.82, 2.24) is 4.90 Å². The van der Waals surface area contributed by atoms with Crippen LogP contribution >= 0.6 is 0 Å². The minimum atomic E-state index is -0.439. The second-order valence-electron chi connectivity index (χ2n) is 5.06. The van der Waals surface area contributed by atoms with E-state index in [2.05, 4.69) is 0 Å². The van der Waals surface area contributed by atoms with Gasteiger partial charge in [0.25, 0.3) is 5.69 Å². The molecule has 0 aliphatic carbocycles. The van der Waals surface area contributed by atoms with Crippen LogP contribution in [-0.4, -0.2) is 27.8 Å². The van der Waals surface area contributed by atoms with Crippen molar-refractivity contribution in [1.29, 1.82) is 0 Å². The average molecular weight is 263 g/mol. The summed E-state index contributed by atoms with van der Waals surface area (Å²) < 4.78 is 0. The normalized spacial score (nSPS) is 23.2. The largest absolute Gasteiger partial charge is 0.332 e. The summed E-state index contributed by atoms with van der Waals surface area (Å²) in [5, 5.41) is 10.8. The molecule has 6 heteroatoms. The summed E-state index contributed by atoms with van der Waals surface area (Å²) in [7, 11) is 0. The molecule has 0 spiro atoms. The maximum atomic E-state index is 11.9. The van der Waals surface area contributed by atoms with Gasteiger partial charge < -0.3 is 10.6 Å². The van der Waals surface area contributed by atoms with Crippen molar-refractivity contribution in [3.05, 3.63) is 39.9 Å². The predicted octanol–water partition coefficient (Wildman–Crippen LogP) is 1.60. The molecule has 19 heavy (non-hydrogen) atoms. The monoisotopic (exact) mass is 263 g/mol. The molecule has 0 bridgehead atoms. The van der Waals surface area contributed by atoms with Crippen LogP contribution in [0, 0.1) is 10.1 Å². The van der Waals surface area contributed by atoms with Crippen molar-refractivity contribution in [2.75, 3.05) is 0 Å². The molecule has 0 radical (unpaired) electrons. The summed E-state index contributed by atoms with van der Waals surface area (Å²) in [6.07, 6.45) is 0.283. The van der Waals surface area contributed by atoms with Crippen LogP contribution in [0.3, 0.4) is 0 Å². The van der Waals surface area contributed by atoms with E-state index in [1.165, 1.54) is 12.1 Å². The molecule has 2 atom stereocenters. The van der Waals surface area contributed by atoms with Gasteiger partial charge in [-0.05, 0) is 19.4 Å². The fraction of sp³-hybridized carbons (Fsp3) is 0.462. The molecule has 1 aromatic carbocycles. The molecule has 1 aliphatic rings. The molecule has 0 saturated carbocycles. The van der Waals surface area contributed by atoms with E-state index in [1.54, 1.807) is 17.0 Å². The smallest absolute Gasteiger partial charge is 0.269 e. The number of carbonyl (C=O) groups excluding carboxylic acids is 1. The molecule has 6 nitrogen and oxygen atoms in total. The highest BCUT2D eigenvalue weighted by molar-refractivity contribution is 5.80. The average Bonchev–Trinajstić information content (AvgIpc) is 2.64. The van der Waals surface area contributed by atoms with E-state index in [0.717, 1.165) is 5.56 Å². The van der Waals surface area contributed by atoms with Crippen LogP contribution in [0.2, 0.25) is 0 Å². The lowest BCUT2D eigenvalue weighted by molar-refractivity contribution is -0.385. The van der Waals surface area contributed by atoms with Gasteiger partial charge in [-0.25, -0.2) is 0 Å². The first-order valence-electron chi connectivity index (χ1n) is 6.23. The van der Waals surface area contributed by atoms with E-state index in [4.69, 9.17) is 5.73 Å². The SMILES string of the molecule is CC(C)N1C(=O)CC(N)C1c1cccc([N+](=O)[O-])c1. The molecule has 1 fully saturated rings. The fourth-order valence-corrected chi connectivity index (χ4v) is 2.62. The standard InChI is InChI=1S/C13H17N3O3/c1-8(2)15-12(17)7-11(14)13(15)9-4-3-5-10(6-9)16(18)19/h3-6,8,11,13H,7,14H2,1-2H3. The molecule has 2 unspecified atom stereocenters. The number of amides is 1. The Morgan fingerprint density at radius 3 is 2.74 bits per heavy atom. The van der Waals surface area contributed by atoms with Gasteiger partial charge in [-0.1, -0.05) is 12.1 Å². The third kappa shape index (κ3) is 2.44. The lowest BCUT2D eigenvalue weighted by Gasteiger charge is -2.30. The zero-order valence-electron chi connectivity index (χ0n) is 10.9. The third-order valence-electron chi connectivity index (χ3n) is 3.38. The molecule has 1 aromatic rings. The van der Waals surface area contributed by atoms with Gasteiger partial charge in [0.05, 0.1) is 11.0 Å². The minimum absolute atomic E-state index is 0.000920. The van der Waals surface area contributed by atoms with E-state index in [9.17, 15) is 14.9 Å². The number of nitrogens with zero attached hydrogens (tertiary/aromatic N) is 2. The predicted molar refractivity (Wildman–Crippen MR) is 70.4 cm³/mol. The zero-order chi connectivity index (χ0) is 14.2. The van der Waals surface area contributed by atoms with E-state index >= 15 is 0 Å². The Labute approximate surface area is 111 Å². The number of benzene rings is 1. The summed E-state index contributed by atoms with van der Waals surface area (Å²) in [6, 6.07) is 5.76. The first-order chi connectivity index (χ1) is 8.91. The Bertz CT molecular complexity index is 516. The van der Waals surface area contributed by atoms with Crippen LogP contribution in [0.4, 0.5) is 5.69 Å². The van der Waals surface area contributed by atoms with Gasteiger partial charge in [-0.2, -0.15) is 0 Å². The highest BCUT2D eigenvalue weighted by Crippen LogP contribution is 2.34. The van der Waals surface area contributed by atoms with Crippen molar-refractivity contribution in [2.24, 2.45) is 5.73 Å². The molecule has 0 aromatic heterocycles. The molecule has 2 rings (SSSR count). The summed E-state index contributed by atoms with van der Waals surface area (Å²) in [6.45, 7) is 3.83. The number of hydrogen-bond donors (Lipinski definition) is 1. The van der Waals surface area contributed by atoms with E-state index < -0.39 is 4.92 Å². The molecular weight excluding hydrogens is 246 g/mol. The van der Waals surface area contributed by atoms with Gasteiger partial charge in [0, 0.05) is 30.6 Å². The number of carbonyl (C=O) groups is 1. The number of nitro benzene ring substituents is 1. The van der Waals surface area contributed by atoms with Gasteiger partial charge in [0.1, 0.15) is 0 Å². The van der Waals surface area contributed by atoms with Crippen LogP contribution < -0.4 is 5.73 Å². The van der Waals surface area contributed by atoms with Gasteiger partial charge >= 0.3 is 0 Å². The molecule has 1 heterocycles. The van der Waals surface area contributed by atoms with Crippen molar-refractivity contribution in [3.63, 3.8) is 0 Å². The highest BCUT2D eigenvalue weighted by atomic mass is 16.6. The molecular formula is C13H17N3O3. The Morgan fingerprint density at radius 1 is 1.47 bits per heavy atom. The number of non-ortho nitro benzene ring substituents is 1. The van der Waals surface area contributed by atoms with E-state index in [-0.39, 0.29) is 36.1 Å². The molecule has 102 valence electrons. The highest BCUT2D eigenvalue weighted by Gasteiger charge is 2.40. The van der Waals surface area contributed by atoms with E-state index in [0.29, 0.717) is 0 Å². The Balaban J connectivity index is 2.41. The number of nitrogens with two attached hydrogens (primary N) is 1. The first-order valence-corrected chi connectivity index (χ1v) is 6.23. The number of likely N-dealkylation sites (tertiary alicyclic amines) is 1. The maximum Gasteiger partial charge on any atom is 0.269 e. The topological polar surface area (TPSA) is 89.5 Å². The summed E-state index contributed by atoms with van der Waals surface area (Å²) in [5.41, 5.74) is 6.77. The number of nitro groups is 1. The lowest BCUT2D eigenvalue weighted by Crippen LogP contribution is -2.37. The Morgan fingerprint density at radius 2 is 2.16 bits per heavy atom. The van der Waals surface area contributed by atoms with Crippen LogP contribution in [0.25, 0.3) is 0 Å². The second-order valence-corrected chi connectivity index (χ2v) is 5.06. The van der Waals surface area contributed by atoms with Crippen molar-refractivity contribution in [3.8, 4) is 0 Å². The zero-order valence-corrected chi connectivity index (χ0v) is 10.9. The van der Waals surface area contributed by atoms with E-state index in [1.807, 2.05) is 13.8 Å². The second kappa shape index (κ2) is 4.97. The quantitative estimate of drug-likeness (QED) is 0.662. The summed E-state index contributed by atoms with van der Waals surface area (Å²) in [5.74, 6) is -0.000920. The van der Waals surface area contributed by atoms with Crippen molar-refractivity contribution >= 4 is 11.6 Å². The lowest BCUT2D eigenvalue weighted by atomic mass is 9.99. The van der Waals surface area contributed by atoms with Crippen LogP contribution in [0.5, 0.6) is 0 Å². The van der Waals surface area contributed by atoms with Crippen LogP contribution in [-0.2, 0) is 4.79 Å². The van der Waals surface area contributed by atoms with Gasteiger partial charge in [0.2, 0.25) is 5.91 Å². The minimum Gasteiger partial charge on any atom is -0.332 e. The first kappa shape index (κ1) is 13.5. The summed E-state index contributed by atoms with van der Waals surface area (Å²) >= 11 is 0. The maximum absolute atomic E-state index is 11.9. The van der Waals surface area contributed by atoms with Crippen LogP contribution in [0.15, 0.2) is 24.3 Å². The molecule has 1 saturated heterocycles. The van der Waals surface area contributed by atoms with Crippen molar-refractivity contribution in [2.45, 2.75) is 38.4 Å². The Hall–Kier alpha value is -1.95. The van der Waals surface area contributed by atoms with Gasteiger partial charge in [0.15, 0.2) is 0 Å². The third-order valence-corrected chi connectivity index (χ3v) is 3.38. The molecule has 1 aliphatic heterocycles. The fourth-order valence-electron chi connectivity index (χ4n) is 2.62. The Kier molecular flexibility index (Phi) is 3.53. The number of rotatable bonds is 3. The molecule has 2 N–H and O–H groups in total. The van der Waals surface area contributed by atoms with Gasteiger partial charge in [-0.3, -0.25) is 14.9 Å². The van der Waals surface area contributed by atoms with Gasteiger partial charge in [-0.15, -0.1) is 0 Å². The number of hydrogen-bond acceptors (Lipinski definition) is 4. The van der Waals surface area contributed by atoms with Crippen molar-refractivity contribution < 1.29 is 9.72 Å². The summed E-state index contributed by atoms with van der Waals surface area (Å²) in [4.78, 5) is 24.0.